The number of rotatable bonds is 6. The van der Waals surface area contributed by atoms with Crippen molar-refractivity contribution >= 4 is 23.2 Å². The van der Waals surface area contributed by atoms with Gasteiger partial charge in [-0.3, -0.25) is 4.79 Å². The predicted octanol–water partition coefficient (Wildman–Crippen LogP) is 2.69. The number of anilines is 1. The first-order valence-electron chi connectivity index (χ1n) is 5.95. The molecule has 1 rings (SSSR count). The summed E-state index contributed by atoms with van der Waals surface area (Å²) in [6, 6.07) is 7.58. The molecule has 0 saturated heterocycles. The molecule has 0 heterocycles. The van der Waals surface area contributed by atoms with Gasteiger partial charge < -0.3 is 10.2 Å². The topological polar surface area (TPSA) is 32.3 Å². The minimum absolute atomic E-state index is 0.0358. The Bertz CT molecular complexity index is 368. The molecule has 0 aliphatic rings. The van der Waals surface area contributed by atoms with E-state index >= 15 is 0 Å². The van der Waals surface area contributed by atoms with E-state index in [1.165, 1.54) is 0 Å². The van der Waals surface area contributed by atoms with Gasteiger partial charge in [0.15, 0.2) is 0 Å². The number of amides is 1. The highest BCUT2D eigenvalue weighted by atomic mass is 35.5. The van der Waals surface area contributed by atoms with Gasteiger partial charge in [-0.05, 0) is 25.5 Å². The number of nitrogens with one attached hydrogen (secondary N) is 1. The Hall–Kier alpha value is -1.22. The lowest BCUT2D eigenvalue weighted by Gasteiger charge is -2.23. The van der Waals surface area contributed by atoms with Crippen LogP contribution in [0.15, 0.2) is 24.3 Å². The molecular weight excluding hydrogens is 236 g/mol. The van der Waals surface area contributed by atoms with Crippen LogP contribution in [-0.4, -0.2) is 25.5 Å². The Labute approximate surface area is 108 Å². The second-order valence-electron chi connectivity index (χ2n) is 3.82. The van der Waals surface area contributed by atoms with E-state index in [4.69, 9.17) is 11.6 Å². The first-order valence-corrected chi connectivity index (χ1v) is 6.33. The van der Waals surface area contributed by atoms with E-state index in [1.54, 1.807) is 0 Å². The molecule has 1 amide bonds. The summed E-state index contributed by atoms with van der Waals surface area (Å²) in [5.74, 6) is 0.0358. The molecule has 0 saturated carbocycles. The third-order valence-corrected chi connectivity index (χ3v) is 2.80. The second-order valence-corrected chi connectivity index (χ2v) is 4.22. The summed E-state index contributed by atoms with van der Waals surface area (Å²) in [6.07, 6.45) is 0.948. The summed E-state index contributed by atoms with van der Waals surface area (Å²) >= 11 is 6.11. The minimum atomic E-state index is 0.0358. The highest BCUT2D eigenvalue weighted by Crippen LogP contribution is 2.24. The van der Waals surface area contributed by atoms with E-state index in [0.717, 1.165) is 25.2 Å². The zero-order valence-electron chi connectivity index (χ0n) is 10.4. The lowest BCUT2D eigenvalue weighted by atomic mass is 10.3. The van der Waals surface area contributed by atoms with Crippen molar-refractivity contribution in [2.45, 2.75) is 20.3 Å². The van der Waals surface area contributed by atoms with E-state index in [1.807, 2.05) is 43.0 Å². The molecule has 3 nitrogen and oxygen atoms in total. The van der Waals surface area contributed by atoms with Gasteiger partial charge in [0.25, 0.3) is 0 Å². The monoisotopic (exact) mass is 254 g/mol. The third-order valence-electron chi connectivity index (χ3n) is 2.48. The SMILES string of the molecule is CCCNC(=O)CN(CC)c1ccccc1Cl. The number of hydrogen-bond acceptors (Lipinski definition) is 2. The fraction of sp³-hybridized carbons (Fsp3) is 0.462. The van der Waals surface area contributed by atoms with Crippen molar-refractivity contribution in [2.24, 2.45) is 0 Å². The van der Waals surface area contributed by atoms with Crippen LogP contribution in [0.4, 0.5) is 5.69 Å². The number of halogens is 1. The van der Waals surface area contributed by atoms with Crippen LogP contribution in [0.5, 0.6) is 0 Å². The smallest absolute Gasteiger partial charge is 0.239 e. The van der Waals surface area contributed by atoms with Crippen molar-refractivity contribution < 1.29 is 4.79 Å². The lowest BCUT2D eigenvalue weighted by molar-refractivity contribution is -0.119. The zero-order chi connectivity index (χ0) is 12.7. The zero-order valence-corrected chi connectivity index (χ0v) is 11.1. The van der Waals surface area contributed by atoms with E-state index in [0.29, 0.717) is 11.6 Å². The van der Waals surface area contributed by atoms with Crippen LogP contribution in [0.25, 0.3) is 0 Å². The Morgan fingerprint density at radius 1 is 1.35 bits per heavy atom. The molecule has 0 aliphatic heterocycles. The third kappa shape index (κ3) is 4.27. The summed E-state index contributed by atoms with van der Waals surface area (Å²) in [6.45, 7) is 5.87. The van der Waals surface area contributed by atoms with E-state index < -0.39 is 0 Å². The van der Waals surface area contributed by atoms with Crippen LogP contribution in [0.1, 0.15) is 20.3 Å². The number of hydrogen-bond donors (Lipinski definition) is 1. The molecule has 94 valence electrons. The molecular formula is C13H19ClN2O. The first-order chi connectivity index (χ1) is 8.19. The number of carbonyl (C=O) groups is 1. The summed E-state index contributed by atoms with van der Waals surface area (Å²) < 4.78 is 0. The van der Waals surface area contributed by atoms with Gasteiger partial charge in [-0.25, -0.2) is 0 Å². The molecule has 1 N–H and O–H groups in total. The first kappa shape index (κ1) is 13.8. The number of carbonyl (C=O) groups excluding carboxylic acids is 1. The summed E-state index contributed by atoms with van der Waals surface area (Å²) in [4.78, 5) is 13.6. The van der Waals surface area contributed by atoms with Crippen LogP contribution in [-0.2, 0) is 4.79 Å². The van der Waals surface area contributed by atoms with Crippen molar-refractivity contribution in [3.8, 4) is 0 Å². The average Bonchev–Trinajstić information content (AvgIpc) is 2.34. The van der Waals surface area contributed by atoms with Crippen LogP contribution in [0.3, 0.4) is 0 Å². The Morgan fingerprint density at radius 3 is 2.65 bits per heavy atom. The highest BCUT2D eigenvalue weighted by molar-refractivity contribution is 6.33. The van der Waals surface area contributed by atoms with Crippen LogP contribution in [0.2, 0.25) is 5.02 Å². The van der Waals surface area contributed by atoms with Crippen LogP contribution in [0, 0.1) is 0 Å². The average molecular weight is 255 g/mol. The van der Waals surface area contributed by atoms with Crippen molar-refractivity contribution in [1.82, 2.24) is 5.32 Å². The van der Waals surface area contributed by atoms with Crippen molar-refractivity contribution in [1.29, 1.82) is 0 Å². The van der Waals surface area contributed by atoms with Gasteiger partial charge in [0, 0.05) is 13.1 Å². The fourth-order valence-corrected chi connectivity index (χ4v) is 1.82. The Kier molecular flexibility index (Phi) is 5.84. The quantitative estimate of drug-likeness (QED) is 0.847. The summed E-state index contributed by atoms with van der Waals surface area (Å²) in [7, 11) is 0. The molecule has 0 bridgehead atoms. The molecule has 4 heteroatoms. The Balaban J connectivity index is 2.66. The Morgan fingerprint density at radius 2 is 2.06 bits per heavy atom. The molecule has 0 spiro atoms. The number of para-hydroxylation sites is 1. The predicted molar refractivity (Wildman–Crippen MR) is 72.6 cm³/mol. The second kappa shape index (κ2) is 7.17. The maximum atomic E-state index is 11.7. The molecule has 0 radical (unpaired) electrons. The summed E-state index contributed by atoms with van der Waals surface area (Å²) in [5.41, 5.74) is 0.906. The molecule has 0 aromatic heterocycles. The highest BCUT2D eigenvalue weighted by Gasteiger charge is 2.11. The molecule has 17 heavy (non-hydrogen) atoms. The number of nitrogens with zero attached hydrogens (tertiary/aromatic N) is 1. The maximum Gasteiger partial charge on any atom is 0.239 e. The largest absolute Gasteiger partial charge is 0.361 e. The van der Waals surface area contributed by atoms with Gasteiger partial charge in [-0.1, -0.05) is 30.7 Å². The van der Waals surface area contributed by atoms with E-state index in [2.05, 4.69) is 5.32 Å². The van der Waals surface area contributed by atoms with E-state index in [-0.39, 0.29) is 5.91 Å². The van der Waals surface area contributed by atoms with Crippen LogP contribution < -0.4 is 10.2 Å². The van der Waals surface area contributed by atoms with Crippen LogP contribution >= 0.6 is 11.6 Å². The van der Waals surface area contributed by atoms with E-state index in [9.17, 15) is 4.79 Å². The normalized spacial score (nSPS) is 10.1. The van der Waals surface area contributed by atoms with Gasteiger partial charge in [0.1, 0.15) is 0 Å². The van der Waals surface area contributed by atoms with Crippen molar-refractivity contribution in [3.63, 3.8) is 0 Å². The van der Waals surface area contributed by atoms with Crippen molar-refractivity contribution in [2.75, 3.05) is 24.5 Å². The number of benzene rings is 1. The van der Waals surface area contributed by atoms with Crippen molar-refractivity contribution in [3.05, 3.63) is 29.3 Å². The van der Waals surface area contributed by atoms with Gasteiger partial charge in [-0.2, -0.15) is 0 Å². The van der Waals surface area contributed by atoms with Gasteiger partial charge in [0.2, 0.25) is 5.91 Å². The van der Waals surface area contributed by atoms with Gasteiger partial charge >= 0.3 is 0 Å². The molecule has 0 atom stereocenters. The number of likely N-dealkylation sites (N-methyl/N-ethyl adjacent to an activating group) is 1. The standard InChI is InChI=1S/C13H19ClN2O/c1-3-9-15-13(17)10-16(4-2)12-8-6-5-7-11(12)14/h5-8H,3-4,9-10H2,1-2H3,(H,15,17). The lowest BCUT2D eigenvalue weighted by Crippen LogP contribution is -2.37. The maximum absolute atomic E-state index is 11.7. The van der Waals surface area contributed by atoms with Gasteiger partial charge in [0.05, 0.1) is 17.3 Å². The molecule has 0 unspecified atom stereocenters. The fourth-order valence-electron chi connectivity index (χ4n) is 1.57. The summed E-state index contributed by atoms with van der Waals surface area (Å²) in [5, 5.41) is 3.54. The van der Waals surface area contributed by atoms with Gasteiger partial charge in [-0.15, -0.1) is 0 Å². The minimum Gasteiger partial charge on any atom is -0.361 e. The molecule has 0 aliphatic carbocycles. The molecule has 0 fully saturated rings. The molecule has 1 aromatic carbocycles. The molecule has 1 aromatic rings.